The van der Waals surface area contributed by atoms with Crippen molar-refractivity contribution in [3.8, 4) is 11.5 Å². The molecule has 4 rings (SSSR count). The summed E-state index contributed by atoms with van der Waals surface area (Å²) in [6, 6.07) is 5.26. The molecule has 3 N–H and O–H groups in total. The van der Waals surface area contributed by atoms with E-state index in [2.05, 4.69) is 20.6 Å². The summed E-state index contributed by atoms with van der Waals surface area (Å²) in [6.45, 7) is 1.45. The van der Waals surface area contributed by atoms with Crippen LogP contribution in [0.25, 0.3) is 0 Å². The van der Waals surface area contributed by atoms with Crippen molar-refractivity contribution in [3.05, 3.63) is 41.5 Å². The third-order valence-corrected chi connectivity index (χ3v) is 3.91. The molecule has 0 bridgehead atoms. The molecular formula is C15H16N4O3. The Labute approximate surface area is 127 Å². The van der Waals surface area contributed by atoms with Gasteiger partial charge in [0.1, 0.15) is 6.04 Å². The van der Waals surface area contributed by atoms with E-state index in [1.807, 2.05) is 18.2 Å². The molecule has 0 saturated heterocycles. The maximum absolute atomic E-state index is 12.4. The molecule has 0 spiro atoms. The first-order chi connectivity index (χ1) is 10.8. The van der Waals surface area contributed by atoms with E-state index in [4.69, 9.17) is 9.47 Å². The highest BCUT2D eigenvalue weighted by molar-refractivity contribution is 5.83. The number of nitrogens with one attached hydrogen (secondary N) is 3. The van der Waals surface area contributed by atoms with Gasteiger partial charge in [-0.05, 0) is 17.7 Å². The number of H-pyrrole nitrogens is 1. The molecule has 2 aliphatic heterocycles. The zero-order chi connectivity index (χ0) is 14.9. The van der Waals surface area contributed by atoms with Gasteiger partial charge in [-0.3, -0.25) is 4.79 Å². The normalized spacial score (nSPS) is 18.8. The Bertz CT molecular complexity index is 713. The molecule has 1 atom stereocenters. The molecule has 1 aromatic heterocycles. The second-order valence-corrected chi connectivity index (χ2v) is 5.31. The van der Waals surface area contributed by atoms with Crippen molar-refractivity contribution >= 4 is 5.91 Å². The zero-order valence-corrected chi connectivity index (χ0v) is 11.9. The highest BCUT2D eigenvalue weighted by Crippen LogP contribution is 2.32. The fraction of sp³-hybridized carbons (Fsp3) is 0.333. The number of hydrogen-bond acceptors (Lipinski definition) is 5. The third-order valence-electron chi connectivity index (χ3n) is 3.91. The summed E-state index contributed by atoms with van der Waals surface area (Å²) in [5.41, 5.74) is 2.78. The number of benzene rings is 1. The standard InChI is InChI=1S/C15H16N4O3/c20-15(14-13-10(3-4-16-14)18-7-19-13)17-6-9-1-2-11-12(5-9)22-8-21-11/h1-2,5,7,14,16H,3-4,6,8H2,(H,17,20)(H,18,19)/t14-/m0/s1. The van der Waals surface area contributed by atoms with Crippen LogP contribution < -0.4 is 20.1 Å². The second-order valence-electron chi connectivity index (χ2n) is 5.31. The maximum Gasteiger partial charge on any atom is 0.243 e. The number of carbonyl (C=O) groups excluding carboxylic acids is 1. The van der Waals surface area contributed by atoms with Crippen molar-refractivity contribution in [1.82, 2.24) is 20.6 Å². The predicted molar refractivity (Wildman–Crippen MR) is 77.4 cm³/mol. The quantitative estimate of drug-likeness (QED) is 0.774. The van der Waals surface area contributed by atoms with Crippen LogP contribution in [0.1, 0.15) is 23.0 Å². The van der Waals surface area contributed by atoms with E-state index in [-0.39, 0.29) is 12.7 Å². The fourth-order valence-electron chi connectivity index (χ4n) is 2.78. The van der Waals surface area contributed by atoms with E-state index in [0.717, 1.165) is 41.4 Å². The number of hydrogen-bond donors (Lipinski definition) is 3. The molecular weight excluding hydrogens is 284 g/mol. The van der Waals surface area contributed by atoms with Gasteiger partial charge in [0.05, 0.1) is 12.0 Å². The van der Waals surface area contributed by atoms with Crippen LogP contribution in [0.5, 0.6) is 11.5 Å². The van der Waals surface area contributed by atoms with Crippen molar-refractivity contribution in [1.29, 1.82) is 0 Å². The maximum atomic E-state index is 12.4. The van der Waals surface area contributed by atoms with Crippen LogP contribution >= 0.6 is 0 Å². The van der Waals surface area contributed by atoms with Crippen LogP contribution in [0.15, 0.2) is 24.5 Å². The molecule has 2 aliphatic rings. The third kappa shape index (κ3) is 2.29. The van der Waals surface area contributed by atoms with Gasteiger partial charge in [0, 0.05) is 25.2 Å². The topological polar surface area (TPSA) is 88.3 Å². The van der Waals surface area contributed by atoms with Crippen LogP contribution in [-0.4, -0.2) is 29.2 Å². The zero-order valence-electron chi connectivity index (χ0n) is 11.9. The largest absolute Gasteiger partial charge is 0.454 e. The number of rotatable bonds is 3. The van der Waals surface area contributed by atoms with Gasteiger partial charge in [0.2, 0.25) is 12.7 Å². The molecule has 1 amide bonds. The van der Waals surface area contributed by atoms with Gasteiger partial charge in [0.25, 0.3) is 0 Å². The Morgan fingerprint density at radius 2 is 2.27 bits per heavy atom. The van der Waals surface area contributed by atoms with Gasteiger partial charge >= 0.3 is 0 Å². The summed E-state index contributed by atoms with van der Waals surface area (Å²) in [6.07, 6.45) is 2.50. The van der Waals surface area contributed by atoms with E-state index in [1.54, 1.807) is 6.33 Å². The number of aromatic nitrogens is 2. The van der Waals surface area contributed by atoms with E-state index < -0.39 is 6.04 Å². The molecule has 0 radical (unpaired) electrons. The van der Waals surface area contributed by atoms with Crippen molar-refractivity contribution in [2.45, 2.75) is 19.0 Å². The smallest absolute Gasteiger partial charge is 0.243 e. The summed E-state index contributed by atoms with van der Waals surface area (Å²) in [5.74, 6) is 1.38. The Morgan fingerprint density at radius 1 is 1.36 bits per heavy atom. The summed E-state index contributed by atoms with van der Waals surface area (Å²) in [4.78, 5) is 19.7. The minimum absolute atomic E-state index is 0.0780. The molecule has 1 aromatic carbocycles. The molecule has 7 nitrogen and oxygen atoms in total. The van der Waals surface area contributed by atoms with Gasteiger partial charge in [-0.2, -0.15) is 0 Å². The minimum atomic E-state index is -0.399. The van der Waals surface area contributed by atoms with E-state index in [1.165, 1.54) is 0 Å². The Kier molecular flexibility index (Phi) is 3.19. The van der Waals surface area contributed by atoms with Gasteiger partial charge in [-0.15, -0.1) is 0 Å². The molecule has 0 aliphatic carbocycles. The van der Waals surface area contributed by atoms with Crippen LogP contribution in [0.3, 0.4) is 0 Å². The van der Waals surface area contributed by atoms with Crippen LogP contribution in [-0.2, 0) is 17.8 Å². The Morgan fingerprint density at radius 3 is 3.23 bits per heavy atom. The van der Waals surface area contributed by atoms with Gasteiger partial charge in [-0.25, -0.2) is 4.98 Å². The van der Waals surface area contributed by atoms with Gasteiger partial charge in [0.15, 0.2) is 11.5 Å². The second kappa shape index (κ2) is 5.34. The molecule has 0 fully saturated rings. The summed E-state index contributed by atoms with van der Waals surface area (Å²) in [7, 11) is 0. The van der Waals surface area contributed by atoms with Crippen molar-refractivity contribution < 1.29 is 14.3 Å². The average Bonchev–Trinajstić information content (AvgIpc) is 3.20. The lowest BCUT2D eigenvalue weighted by Crippen LogP contribution is -2.41. The molecule has 3 heterocycles. The molecule has 7 heteroatoms. The predicted octanol–water partition coefficient (Wildman–Crippen LogP) is 0.642. The Balaban J connectivity index is 1.43. The van der Waals surface area contributed by atoms with Crippen LogP contribution in [0.4, 0.5) is 0 Å². The highest BCUT2D eigenvalue weighted by atomic mass is 16.7. The summed E-state index contributed by atoms with van der Waals surface area (Å²) < 4.78 is 10.6. The summed E-state index contributed by atoms with van der Waals surface area (Å²) >= 11 is 0. The fourth-order valence-corrected chi connectivity index (χ4v) is 2.78. The molecule has 22 heavy (non-hydrogen) atoms. The number of nitrogens with zero attached hydrogens (tertiary/aromatic N) is 1. The van der Waals surface area contributed by atoms with Gasteiger partial charge < -0.3 is 25.1 Å². The van der Waals surface area contributed by atoms with E-state index >= 15 is 0 Å². The molecule has 0 saturated carbocycles. The van der Waals surface area contributed by atoms with Crippen molar-refractivity contribution in [2.24, 2.45) is 0 Å². The highest BCUT2D eigenvalue weighted by Gasteiger charge is 2.28. The number of carbonyl (C=O) groups is 1. The lowest BCUT2D eigenvalue weighted by atomic mass is 10.0. The average molecular weight is 300 g/mol. The number of aromatic amines is 1. The van der Waals surface area contributed by atoms with Crippen molar-refractivity contribution in [3.63, 3.8) is 0 Å². The first-order valence-electron chi connectivity index (χ1n) is 7.23. The Hall–Kier alpha value is -2.54. The first-order valence-corrected chi connectivity index (χ1v) is 7.23. The van der Waals surface area contributed by atoms with Crippen LogP contribution in [0.2, 0.25) is 0 Å². The monoisotopic (exact) mass is 300 g/mol. The van der Waals surface area contributed by atoms with E-state index in [0.29, 0.717) is 6.54 Å². The number of fused-ring (bicyclic) bond motifs is 2. The van der Waals surface area contributed by atoms with E-state index in [9.17, 15) is 4.79 Å². The number of imidazole rings is 1. The molecule has 114 valence electrons. The SMILES string of the molecule is O=C(NCc1ccc2c(c1)OCO2)[C@H]1NCCc2[nH]cnc21. The number of amides is 1. The first kappa shape index (κ1) is 13.1. The number of ether oxygens (including phenoxy) is 2. The van der Waals surface area contributed by atoms with Gasteiger partial charge in [-0.1, -0.05) is 6.07 Å². The molecule has 0 unspecified atom stereocenters. The molecule has 2 aromatic rings. The van der Waals surface area contributed by atoms with Crippen molar-refractivity contribution in [2.75, 3.05) is 13.3 Å². The summed E-state index contributed by atoms with van der Waals surface area (Å²) in [5, 5.41) is 6.14. The lowest BCUT2D eigenvalue weighted by molar-refractivity contribution is -0.123. The lowest BCUT2D eigenvalue weighted by Gasteiger charge is -2.22. The van der Waals surface area contributed by atoms with Crippen LogP contribution in [0, 0.1) is 0 Å². The minimum Gasteiger partial charge on any atom is -0.454 e.